The van der Waals surface area contributed by atoms with Crippen LogP contribution in [0, 0.1) is 0 Å². The standard InChI is InChI=1S/C16H14N2O3/c1-21-13-6-2-4-11(8-13)9-15-17-10-12-5-3-7-14(16(19)20)18(12)15/h2-8,10H,9H2,1H3,(H,19,20). The van der Waals surface area contributed by atoms with Crippen molar-refractivity contribution >= 4 is 11.5 Å². The van der Waals surface area contributed by atoms with Gasteiger partial charge in [0.2, 0.25) is 0 Å². The predicted octanol–water partition coefficient (Wildman–Crippen LogP) is 2.63. The first-order chi connectivity index (χ1) is 10.2. The van der Waals surface area contributed by atoms with Gasteiger partial charge in [0.25, 0.3) is 0 Å². The number of carbonyl (C=O) groups is 1. The second-order valence-electron chi connectivity index (χ2n) is 4.68. The number of carboxylic acids is 1. The van der Waals surface area contributed by atoms with Crippen LogP contribution in [0.5, 0.6) is 5.75 Å². The Morgan fingerprint density at radius 2 is 2.10 bits per heavy atom. The number of hydrogen-bond acceptors (Lipinski definition) is 3. The summed E-state index contributed by atoms with van der Waals surface area (Å²) < 4.78 is 6.87. The monoisotopic (exact) mass is 282 g/mol. The van der Waals surface area contributed by atoms with Gasteiger partial charge in [-0.05, 0) is 29.8 Å². The van der Waals surface area contributed by atoms with Crippen molar-refractivity contribution in [2.75, 3.05) is 7.11 Å². The van der Waals surface area contributed by atoms with Crippen molar-refractivity contribution in [3.05, 3.63) is 65.7 Å². The number of carboxylic acid groups (broad SMARTS) is 1. The van der Waals surface area contributed by atoms with Crippen LogP contribution in [0.15, 0.2) is 48.7 Å². The lowest BCUT2D eigenvalue weighted by Gasteiger charge is -2.07. The van der Waals surface area contributed by atoms with Crippen LogP contribution in [-0.4, -0.2) is 27.6 Å². The highest BCUT2D eigenvalue weighted by Gasteiger charge is 2.13. The van der Waals surface area contributed by atoms with Gasteiger partial charge in [0.1, 0.15) is 17.3 Å². The quantitative estimate of drug-likeness (QED) is 0.799. The van der Waals surface area contributed by atoms with E-state index in [9.17, 15) is 9.90 Å². The molecular formula is C16H14N2O3. The summed E-state index contributed by atoms with van der Waals surface area (Å²) in [6.45, 7) is 0. The zero-order chi connectivity index (χ0) is 14.8. The molecule has 0 aliphatic carbocycles. The lowest BCUT2D eigenvalue weighted by atomic mass is 10.1. The van der Waals surface area contributed by atoms with E-state index < -0.39 is 5.97 Å². The van der Waals surface area contributed by atoms with Crippen LogP contribution in [-0.2, 0) is 6.42 Å². The number of aromatic nitrogens is 2. The molecule has 1 N–H and O–H groups in total. The number of methoxy groups -OCH3 is 1. The molecule has 0 spiro atoms. The normalized spacial score (nSPS) is 10.7. The molecule has 3 rings (SSSR count). The number of pyridine rings is 1. The van der Waals surface area contributed by atoms with E-state index in [-0.39, 0.29) is 5.69 Å². The molecule has 0 unspecified atom stereocenters. The molecule has 0 saturated carbocycles. The summed E-state index contributed by atoms with van der Waals surface area (Å²) in [5, 5.41) is 9.31. The molecule has 0 bridgehead atoms. The Balaban J connectivity index is 2.06. The molecule has 0 saturated heterocycles. The van der Waals surface area contributed by atoms with Crippen LogP contribution in [0.3, 0.4) is 0 Å². The van der Waals surface area contributed by atoms with Crippen molar-refractivity contribution in [3.63, 3.8) is 0 Å². The third-order valence-electron chi connectivity index (χ3n) is 3.34. The number of benzene rings is 1. The third kappa shape index (κ3) is 2.45. The van der Waals surface area contributed by atoms with E-state index in [1.165, 1.54) is 0 Å². The van der Waals surface area contributed by atoms with Gasteiger partial charge >= 0.3 is 5.97 Å². The van der Waals surface area contributed by atoms with Crippen molar-refractivity contribution in [1.82, 2.24) is 9.38 Å². The first-order valence-electron chi connectivity index (χ1n) is 6.50. The maximum Gasteiger partial charge on any atom is 0.352 e. The van der Waals surface area contributed by atoms with Crippen molar-refractivity contribution in [2.24, 2.45) is 0 Å². The molecule has 5 heteroatoms. The SMILES string of the molecule is COc1cccc(Cc2ncc3cccc(C(=O)O)n23)c1. The van der Waals surface area contributed by atoms with Gasteiger partial charge in [-0.1, -0.05) is 18.2 Å². The minimum Gasteiger partial charge on any atom is -0.497 e. The highest BCUT2D eigenvalue weighted by atomic mass is 16.5. The lowest BCUT2D eigenvalue weighted by molar-refractivity contribution is 0.0688. The average Bonchev–Trinajstić information content (AvgIpc) is 2.90. The fourth-order valence-electron chi connectivity index (χ4n) is 2.37. The molecule has 5 nitrogen and oxygen atoms in total. The summed E-state index contributed by atoms with van der Waals surface area (Å²) in [7, 11) is 1.62. The third-order valence-corrected chi connectivity index (χ3v) is 3.34. The Hall–Kier alpha value is -2.82. The van der Waals surface area contributed by atoms with Crippen molar-refractivity contribution < 1.29 is 14.6 Å². The van der Waals surface area contributed by atoms with Crippen molar-refractivity contribution in [3.8, 4) is 5.75 Å². The number of ether oxygens (including phenoxy) is 1. The van der Waals surface area contributed by atoms with Gasteiger partial charge in [-0.2, -0.15) is 0 Å². The molecular weight excluding hydrogens is 268 g/mol. The molecule has 2 heterocycles. The molecule has 0 radical (unpaired) electrons. The van der Waals surface area contributed by atoms with Crippen molar-refractivity contribution in [1.29, 1.82) is 0 Å². The Morgan fingerprint density at radius 3 is 2.86 bits per heavy atom. The Morgan fingerprint density at radius 1 is 1.29 bits per heavy atom. The Kier molecular flexibility index (Phi) is 3.31. The molecule has 2 aromatic heterocycles. The molecule has 21 heavy (non-hydrogen) atoms. The van der Waals surface area contributed by atoms with E-state index in [0.717, 1.165) is 16.8 Å². The summed E-state index contributed by atoms with van der Waals surface area (Å²) in [6.07, 6.45) is 2.22. The summed E-state index contributed by atoms with van der Waals surface area (Å²) in [5.41, 5.74) is 2.00. The first kappa shape index (κ1) is 13.2. The topological polar surface area (TPSA) is 63.8 Å². The second kappa shape index (κ2) is 5.28. The van der Waals surface area contributed by atoms with E-state index in [1.54, 1.807) is 29.8 Å². The average molecular weight is 282 g/mol. The molecule has 106 valence electrons. The lowest BCUT2D eigenvalue weighted by Crippen LogP contribution is -2.08. The Bertz CT molecular complexity index is 808. The number of hydrogen-bond donors (Lipinski definition) is 1. The number of aromatic carboxylic acids is 1. The number of imidazole rings is 1. The summed E-state index contributed by atoms with van der Waals surface area (Å²) in [4.78, 5) is 15.7. The number of nitrogens with zero attached hydrogens (tertiary/aromatic N) is 2. The van der Waals surface area contributed by atoms with E-state index >= 15 is 0 Å². The first-order valence-corrected chi connectivity index (χ1v) is 6.50. The molecule has 1 aromatic carbocycles. The molecule has 0 atom stereocenters. The van der Waals surface area contributed by atoms with E-state index in [4.69, 9.17) is 4.74 Å². The molecule has 3 aromatic rings. The molecule has 0 amide bonds. The summed E-state index contributed by atoms with van der Waals surface area (Å²) in [6, 6.07) is 12.8. The van der Waals surface area contributed by atoms with Crippen LogP contribution in [0.25, 0.3) is 5.52 Å². The highest BCUT2D eigenvalue weighted by Crippen LogP contribution is 2.18. The van der Waals surface area contributed by atoms with Crippen molar-refractivity contribution in [2.45, 2.75) is 6.42 Å². The van der Waals surface area contributed by atoms with Gasteiger partial charge in [0, 0.05) is 6.42 Å². The van der Waals surface area contributed by atoms with Crippen LogP contribution in [0.4, 0.5) is 0 Å². The maximum absolute atomic E-state index is 11.3. The Labute approximate surface area is 121 Å². The predicted molar refractivity (Wildman–Crippen MR) is 78.0 cm³/mol. The van der Waals surface area contributed by atoms with Gasteiger partial charge in [-0.3, -0.25) is 4.40 Å². The van der Waals surface area contributed by atoms with E-state index in [0.29, 0.717) is 12.2 Å². The summed E-state index contributed by atoms with van der Waals surface area (Å²) >= 11 is 0. The minimum absolute atomic E-state index is 0.211. The van der Waals surface area contributed by atoms with Gasteiger partial charge in [-0.15, -0.1) is 0 Å². The second-order valence-corrected chi connectivity index (χ2v) is 4.68. The molecule has 0 aliphatic heterocycles. The molecule has 0 fully saturated rings. The van der Waals surface area contributed by atoms with E-state index in [1.807, 2.05) is 30.3 Å². The fraction of sp³-hybridized carbons (Fsp3) is 0.125. The zero-order valence-electron chi connectivity index (χ0n) is 11.5. The fourth-order valence-corrected chi connectivity index (χ4v) is 2.37. The maximum atomic E-state index is 11.3. The van der Waals surface area contributed by atoms with Crippen LogP contribution >= 0.6 is 0 Å². The smallest absolute Gasteiger partial charge is 0.352 e. The van der Waals surface area contributed by atoms with Gasteiger partial charge < -0.3 is 9.84 Å². The zero-order valence-corrected chi connectivity index (χ0v) is 11.5. The van der Waals surface area contributed by atoms with E-state index in [2.05, 4.69) is 4.98 Å². The van der Waals surface area contributed by atoms with Crippen LogP contribution < -0.4 is 4.74 Å². The van der Waals surface area contributed by atoms with Gasteiger partial charge in [0.05, 0.1) is 18.8 Å². The van der Waals surface area contributed by atoms with Crippen LogP contribution in [0.2, 0.25) is 0 Å². The van der Waals surface area contributed by atoms with Gasteiger partial charge in [-0.25, -0.2) is 9.78 Å². The molecule has 0 aliphatic rings. The van der Waals surface area contributed by atoms with Gasteiger partial charge in [0.15, 0.2) is 0 Å². The number of fused-ring (bicyclic) bond motifs is 1. The largest absolute Gasteiger partial charge is 0.497 e. The number of rotatable bonds is 4. The summed E-state index contributed by atoms with van der Waals surface area (Å²) in [5.74, 6) is 0.494. The van der Waals surface area contributed by atoms with Crippen LogP contribution in [0.1, 0.15) is 21.9 Å². The highest BCUT2D eigenvalue weighted by molar-refractivity contribution is 5.86. The minimum atomic E-state index is -0.967.